The molecule has 2 aromatic heterocycles. The molecule has 5 heteroatoms. The van der Waals surface area contributed by atoms with Gasteiger partial charge < -0.3 is 14.2 Å². The molecule has 1 aromatic carbocycles. The van der Waals surface area contributed by atoms with Gasteiger partial charge in [0.2, 0.25) is 0 Å². The van der Waals surface area contributed by atoms with Crippen LogP contribution in [0.1, 0.15) is 16.1 Å². The van der Waals surface area contributed by atoms with Gasteiger partial charge in [-0.15, -0.1) is 11.8 Å². The molecule has 0 atom stereocenters. The van der Waals surface area contributed by atoms with Crippen LogP contribution in [0, 0.1) is 0 Å². The summed E-state index contributed by atoms with van der Waals surface area (Å²) in [5.74, 6) is 1.32. The fourth-order valence-electron chi connectivity index (χ4n) is 2.13. The summed E-state index contributed by atoms with van der Waals surface area (Å²) in [6.07, 6.45) is 5.17. The fourth-order valence-corrected chi connectivity index (χ4v) is 2.72. The molecule has 0 saturated carbocycles. The van der Waals surface area contributed by atoms with E-state index < -0.39 is 0 Å². The molecule has 2 heterocycles. The number of benzene rings is 1. The first-order chi connectivity index (χ1) is 10.8. The number of thioether (sulfide) groups is 1. The van der Waals surface area contributed by atoms with Crippen molar-refractivity contribution in [3.63, 3.8) is 0 Å². The number of furan rings is 2. The summed E-state index contributed by atoms with van der Waals surface area (Å²) < 4.78 is 10.7. The molecule has 0 spiro atoms. The largest absolute Gasteiger partial charge is 0.472 e. The summed E-state index contributed by atoms with van der Waals surface area (Å²) in [6, 6.07) is 13.1. The first-order valence-corrected chi connectivity index (χ1v) is 8.03. The van der Waals surface area contributed by atoms with E-state index >= 15 is 0 Å². The molecule has 0 radical (unpaired) electrons. The quantitative estimate of drug-likeness (QED) is 0.718. The summed E-state index contributed by atoms with van der Waals surface area (Å²) in [4.78, 5) is 13.2. The molecule has 112 valence electrons. The lowest BCUT2D eigenvalue weighted by Crippen LogP contribution is -2.23. The van der Waals surface area contributed by atoms with Crippen molar-refractivity contribution in [2.45, 2.75) is 11.4 Å². The maximum Gasteiger partial charge on any atom is 0.252 e. The van der Waals surface area contributed by atoms with Crippen molar-refractivity contribution in [1.29, 1.82) is 0 Å². The highest BCUT2D eigenvalue weighted by molar-refractivity contribution is 7.98. The Labute approximate surface area is 132 Å². The van der Waals surface area contributed by atoms with E-state index in [2.05, 4.69) is 5.32 Å². The van der Waals surface area contributed by atoms with Crippen LogP contribution in [-0.2, 0) is 6.54 Å². The van der Waals surface area contributed by atoms with Gasteiger partial charge in [0, 0.05) is 4.90 Å². The lowest BCUT2D eigenvalue weighted by Gasteiger charge is -2.07. The van der Waals surface area contributed by atoms with Crippen LogP contribution in [0.4, 0.5) is 0 Å². The van der Waals surface area contributed by atoms with E-state index in [0.29, 0.717) is 17.9 Å². The maximum atomic E-state index is 12.3. The number of hydrogen-bond donors (Lipinski definition) is 1. The molecule has 1 N–H and O–H groups in total. The molecule has 0 bridgehead atoms. The number of carbonyl (C=O) groups is 1. The predicted molar refractivity (Wildman–Crippen MR) is 85.8 cm³/mol. The van der Waals surface area contributed by atoms with E-state index in [1.807, 2.05) is 48.7 Å². The lowest BCUT2D eigenvalue weighted by molar-refractivity contribution is 0.0945. The van der Waals surface area contributed by atoms with Gasteiger partial charge in [0.15, 0.2) is 0 Å². The Morgan fingerprint density at radius 1 is 1.18 bits per heavy atom. The van der Waals surface area contributed by atoms with Gasteiger partial charge in [-0.05, 0) is 36.6 Å². The van der Waals surface area contributed by atoms with Crippen molar-refractivity contribution in [3.05, 3.63) is 66.3 Å². The SMILES string of the molecule is CSc1ccccc1C(=O)NCc1ccc(-c2ccoc2)o1. The summed E-state index contributed by atoms with van der Waals surface area (Å²) in [5.41, 5.74) is 1.56. The average molecular weight is 313 g/mol. The molecule has 0 fully saturated rings. The third kappa shape index (κ3) is 3.09. The molecule has 4 nitrogen and oxygen atoms in total. The van der Waals surface area contributed by atoms with Crippen LogP contribution in [-0.4, -0.2) is 12.2 Å². The van der Waals surface area contributed by atoms with Gasteiger partial charge >= 0.3 is 0 Å². The highest BCUT2D eigenvalue weighted by Gasteiger charge is 2.11. The van der Waals surface area contributed by atoms with Crippen LogP contribution in [0.25, 0.3) is 11.3 Å². The van der Waals surface area contributed by atoms with Crippen LogP contribution in [0.5, 0.6) is 0 Å². The minimum absolute atomic E-state index is 0.105. The smallest absolute Gasteiger partial charge is 0.252 e. The Bertz CT molecular complexity index is 762. The molecule has 1 amide bonds. The molecular formula is C17H15NO3S. The van der Waals surface area contributed by atoms with Crippen molar-refractivity contribution in [2.24, 2.45) is 0 Å². The average Bonchev–Trinajstić information content (AvgIpc) is 3.23. The summed E-state index contributed by atoms with van der Waals surface area (Å²) >= 11 is 1.55. The zero-order chi connectivity index (χ0) is 15.4. The van der Waals surface area contributed by atoms with Gasteiger partial charge in [0.05, 0.1) is 23.9 Å². The van der Waals surface area contributed by atoms with Gasteiger partial charge in [-0.3, -0.25) is 4.79 Å². The molecule has 0 aliphatic carbocycles. The van der Waals surface area contributed by atoms with Gasteiger partial charge in [-0.25, -0.2) is 0 Å². The van der Waals surface area contributed by atoms with E-state index in [-0.39, 0.29) is 5.91 Å². The maximum absolute atomic E-state index is 12.3. The van der Waals surface area contributed by atoms with Crippen molar-refractivity contribution in [1.82, 2.24) is 5.32 Å². The molecule has 0 aliphatic rings. The van der Waals surface area contributed by atoms with E-state index in [1.165, 1.54) is 0 Å². The van der Waals surface area contributed by atoms with Gasteiger partial charge in [-0.2, -0.15) is 0 Å². The minimum Gasteiger partial charge on any atom is -0.472 e. The third-order valence-corrected chi connectivity index (χ3v) is 4.04. The topological polar surface area (TPSA) is 55.4 Å². The Morgan fingerprint density at radius 3 is 2.82 bits per heavy atom. The summed E-state index contributed by atoms with van der Waals surface area (Å²) in [6.45, 7) is 0.347. The molecule has 22 heavy (non-hydrogen) atoms. The van der Waals surface area contributed by atoms with Crippen LogP contribution >= 0.6 is 11.8 Å². The zero-order valence-electron chi connectivity index (χ0n) is 12.0. The number of nitrogens with one attached hydrogen (secondary N) is 1. The Morgan fingerprint density at radius 2 is 2.05 bits per heavy atom. The number of hydrogen-bond acceptors (Lipinski definition) is 4. The van der Waals surface area contributed by atoms with Gasteiger partial charge in [0.1, 0.15) is 17.8 Å². The number of rotatable bonds is 5. The van der Waals surface area contributed by atoms with Crippen molar-refractivity contribution < 1.29 is 13.6 Å². The first kappa shape index (κ1) is 14.5. The number of amides is 1. The lowest BCUT2D eigenvalue weighted by atomic mass is 10.2. The van der Waals surface area contributed by atoms with Crippen LogP contribution in [0.15, 0.2) is 68.7 Å². The number of carbonyl (C=O) groups excluding carboxylic acids is 1. The standard InChI is InChI=1S/C17H15NO3S/c1-22-16-5-3-2-4-14(16)17(19)18-10-13-6-7-15(21-13)12-8-9-20-11-12/h2-9,11H,10H2,1H3,(H,18,19). The Kier molecular flexibility index (Phi) is 4.34. The molecular weight excluding hydrogens is 298 g/mol. The van der Waals surface area contributed by atoms with E-state index in [9.17, 15) is 4.79 Å². The van der Waals surface area contributed by atoms with E-state index in [4.69, 9.17) is 8.83 Å². The molecule has 0 aliphatic heterocycles. The summed E-state index contributed by atoms with van der Waals surface area (Å²) in [5, 5.41) is 2.88. The first-order valence-electron chi connectivity index (χ1n) is 6.80. The second-order valence-electron chi connectivity index (χ2n) is 4.66. The van der Waals surface area contributed by atoms with E-state index in [1.54, 1.807) is 24.3 Å². The predicted octanol–water partition coefficient (Wildman–Crippen LogP) is 4.19. The van der Waals surface area contributed by atoms with Crippen LogP contribution in [0.2, 0.25) is 0 Å². The third-order valence-electron chi connectivity index (χ3n) is 3.24. The van der Waals surface area contributed by atoms with Gasteiger partial charge in [0.25, 0.3) is 5.91 Å². The molecule has 0 saturated heterocycles. The Hall–Kier alpha value is -2.40. The van der Waals surface area contributed by atoms with E-state index in [0.717, 1.165) is 16.2 Å². The second-order valence-corrected chi connectivity index (χ2v) is 5.51. The highest BCUT2D eigenvalue weighted by atomic mass is 32.2. The van der Waals surface area contributed by atoms with Crippen LogP contribution in [0.3, 0.4) is 0 Å². The minimum atomic E-state index is -0.105. The normalized spacial score (nSPS) is 10.6. The van der Waals surface area contributed by atoms with Crippen molar-refractivity contribution in [2.75, 3.05) is 6.26 Å². The molecule has 0 unspecified atom stereocenters. The Balaban J connectivity index is 1.66. The zero-order valence-corrected chi connectivity index (χ0v) is 12.9. The summed E-state index contributed by atoms with van der Waals surface area (Å²) in [7, 11) is 0. The van der Waals surface area contributed by atoms with Crippen LogP contribution < -0.4 is 5.32 Å². The highest BCUT2D eigenvalue weighted by Crippen LogP contribution is 2.23. The second kappa shape index (κ2) is 6.58. The van der Waals surface area contributed by atoms with Crippen molar-refractivity contribution >= 4 is 17.7 Å². The van der Waals surface area contributed by atoms with Crippen molar-refractivity contribution in [3.8, 4) is 11.3 Å². The fraction of sp³-hybridized carbons (Fsp3) is 0.118. The monoisotopic (exact) mass is 313 g/mol. The molecule has 3 rings (SSSR count). The van der Waals surface area contributed by atoms with Gasteiger partial charge in [-0.1, -0.05) is 12.1 Å². The molecule has 3 aromatic rings.